The van der Waals surface area contributed by atoms with Gasteiger partial charge in [0.05, 0.1) is 10.3 Å². The Morgan fingerprint density at radius 2 is 2.28 bits per heavy atom. The number of carboxylic acid groups (broad SMARTS) is 1. The fraction of sp³-hybridized carbons (Fsp3) is 0.300. The minimum Gasteiger partial charge on any atom is -0.508 e. The van der Waals surface area contributed by atoms with Gasteiger partial charge in [-0.3, -0.25) is 20.2 Å². The lowest BCUT2D eigenvalue weighted by atomic mass is 10.1. The van der Waals surface area contributed by atoms with Gasteiger partial charge in [0.1, 0.15) is 11.8 Å². The molecule has 2 rings (SSSR count). The van der Waals surface area contributed by atoms with Crippen molar-refractivity contribution in [2.24, 2.45) is 0 Å². The summed E-state index contributed by atoms with van der Waals surface area (Å²) in [6.45, 7) is 0. The third kappa shape index (κ3) is 2.39. The molecule has 0 radical (unpaired) electrons. The van der Waals surface area contributed by atoms with Crippen molar-refractivity contribution in [2.45, 2.75) is 11.4 Å². The summed E-state index contributed by atoms with van der Waals surface area (Å²) in [5.41, 5.74) is 0.196. The third-order valence-electron chi connectivity index (χ3n) is 2.58. The van der Waals surface area contributed by atoms with Crippen molar-refractivity contribution in [3.8, 4) is 5.75 Å². The molecule has 2 atom stereocenters. The zero-order chi connectivity index (χ0) is 13.3. The fourth-order valence-corrected chi connectivity index (χ4v) is 2.91. The molecule has 1 saturated heterocycles. The van der Waals surface area contributed by atoms with Gasteiger partial charge in [0, 0.05) is 23.4 Å². The second kappa shape index (κ2) is 4.83. The van der Waals surface area contributed by atoms with E-state index in [0.717, 1.165) is 0 Å². The number of benzene rings is 1. The Labute approximate surface area is 106 Å². The molecule has 0 amide bonds. The quantitative estimate of drug-likeness (QED) is 0.556. The summed E-state index contributed by atoms with van der Waals surface area (Å²) in [4.78, 5) is 20.9. The van der Waals surface area contributed by atoms with Crippen molar-refractivity contribution >= 4 is 23.4 Å². The van der Waals surface area contributed by atoms with E-state index in [1.165, 1.54) is 30.0 Å². The number of rotatable bonds is 3. The van der Waals surface area contributed by atoms with Crippen LogP contribution in [0.15, 0.2) is 18.2 Å². The molecule has 1 aliphatic heterocycles. The number of nitro groups is 1. The Kier molecular flexibility index (Phi) is 3.39. The zero-order valence-corrected chi connectivity index (χ0v) is 9.88. The Hall–Kier alpha value is -1.80. The summed E-state index contributed by atoms with van der Waals surface area (Å²) in [6.07, 6.45) is 0. The van der Waals surface area contributed by atoms with Gasteiger partial charge in [0.2, 0.25) is 0 Å². The maximum atomic E-state index is 10.8. The van der Waals surface area contributed by atoms with Crippen LogP contribution in [0.4, 0.5) is 5.69 Å². The normalized spacial score (nSPS) is 22.9. The van der Waals surface area contributed by atoms with Crippen molar-refractivity contribution in [1.29, 1.82) is 0 Å². The lowest BCUT2D eigenvalue weighted by molar-refractivity contribution is -0.384. The van der Waals surface area contributed by atoms with E-state index >= 15 is 0 Å². The van der Waals surface area contributed by atoms with E-state index in [4.69, 9.17) is 5.11 Å². The Bertz CT molecular complexity index is 507. The van der Waals surface area contributed by atoms with Gasteiger partial charge in [0.15, 0.2) is 0 Å². The molecule has 1 aromatic rings. The molecule has 7 nitrogen and oxygen atoms in total. The molecular weight excluding hydrogens is 260 g/mol. The highest BCUT2D eigenvalue weighted by Gasteiger charge is 2.32. The van der Waals surface area contributed by atoms with Crippen LogP contribution in [0.25, 0.3) is 0 Å². The smallest absolute Gasteiger partial charge is 0.321 e. The van der Waals surface area contributed by atoms with Gasteiger partial charge < -0.3 is 10.2 Å². The van der Waals surface area contributed by atoms with Crippen LogP contribution in [0.5, 0.6) is 5.75 Å². The highest BCUT2D eigenvalue weighted by atomic mass is 32.2. The van der Waals surface area contributed by atoms with Gasteiger partial charge in [-0.05, 0) is 6.07 Å². The number of carbonyl (C=O) groups is 1. The summed E-state index contributed by atoms with van der Waals surface area (Å²) in [5.74, 6) is -0.714. The fourth-order valence-electron chi connectivity index (χ4n) is 1.66. The van der Waals surface area contributed by atoms with Crippen molar-refractivity contribution in [3.05, 3.63) is 33.9 Å². The highest BCUT2D eigenvalue weighted by molar-refractivity contribution is 7.99. The molecule has 18 heavy (non-hydrogen) atoms. The van der Waals surface area contributed by atoms with E-state index < -0.39 is 22.3 Å². The van der Waals surface area contributed by atoms with Crippen molar-refractivity contribution in [1.82, 2.24) is 5.32 Å². The number of aliphatic carboxylic acids is 1. The molecule has 0 unspecified atom stereocenters. The average molecular weight is 270 g/mol. The lowest BCUT2D eigenvalue weighted by Gasteiger charge is -2.12. The molecule has 1 aliphatic rings. The number of nitrogens with zero attached hydrogens (tertiary/aromatic N) is 1. The van der Waals surface area contributed by atoms with Gasteiger partial charge in [-0.25, -0.2) is 0 Å². The molecule has 0 bridgehead atoms. The minimum absolute atomic E-state index is 0.0864. The van der Waals surface area contributed by atoms with E-state index in [-0.39, 0.29) is 11.4 Å². The van der Waals surface area contributed by atoms with Crippen LogP contribution in [0, 0.1) is 10.1 Å². The van der Waals surface area contributed by atoms with Gasteiger partial charge in [-0.2, -0.15) is 0 Å². The van der Waals surface area contributed by atoms with Crippen LogP contribution in [0.3, 0.4) is 0 Å². The van der Waals surface area contributed by atoms with Gasteiger partial charge in [0.25, 0.3) is 5.69 Å². The molecule has 1 fully saturated rings. The second-order valence-electron chi connectivity index (χ2n) is 3.77. The first-order valence-corrected chi connectivity index (χ1v) is 6.11. The van der Waals surface area contributed by atoms with Crippen molar-refractivity contribution < 1.29 is 19.9 Å². The van der Waals surface area contributed by atoms with Crippen LogP contribution in [-0.4, -0.2) is 32.9 Å². The summed E-state index contributed by atoms with van der Waals surface area (Å²) in [6, 6.07) is 2.99. The number of thioether (sulfide) groups is 1. The number of nitrogens with one attached hydrogen (secondary N) is 1. The average Bonchev–Trinajstić information content (AvgIpc) is 2.78. The minimum atomic E-state index is -0.977. The van der Waals surface area contributed by atoms with Crippen molar-refractivity contribution in [3.63, 3.8) is 0 Å². The molecule has 3 N–H and O–H groups in total. The molecule has 0 saturated carbocycles. The van der Waals surface area contributed by atoms with Crippen LogP contribution >= 0.6 is 11.8 Å². The predicted molar refractivity (Wildman–Crippen MR) is 64.5 cm³/mol. The maximum absolute atomic E-state index is 10.8. The number of phenolic OH excluding ortho intramolecular Hbond substituents is 1. The first kappa shape index (κ1) is 12.7. The largest absolute Gasteiger partial charge is 0.508 e. The van der Waals surface area contributed by atoms with Crippen LogP contribution in [0.1, 0.15) is 10.9 Å². The zero-order valence-electron chi connectivity index (χ0n) is 9.07. The standard InChI is InChI=1S/C10H10N2O5S/c13-8-2-1-5(12(16)17)3-6(8)9-11-7(4-18-9)10(14)15/h1-3,7,9,11,13H,4H2,(H,14,15)/t7-,9+/m0/s1. The van der Waals surface area contributed by atoms with E-state index in [0.29, 0.717) is 11.3 Å². The van der Waals surface area contributed by atoms with E-state index in [1.54, 1.807) is 0 Å². The number of non-ortho nitro benzene ring substituents is 1. The van der Waals surface area contributed by atoms with Gasteiger partial charge in [-0.1, -0.05) is 0 Å². The van der Waals surface area contributed by atoms with E-state index in [1.807, 2.05) is 0 Å². The summed E-state index contributed by atoms with van der Waals surface area (Å²) < 4.78 is 0. The number of hydrogen-bond donors (Lipinski definition) is 3. The van der Waals surface area contributed by atoms with Crippen molar-refractivity contribution in [2.75, 3.05) is 5.75 Å². The lowest BCUT2D eigenvalue weighted by Crippen LogP contribution is -2.33. The molecule has 8 heteroatoms. The predicted octanol–water partition coefficient (Wildman–Crippen LogP) is 1.09. The number of nitro benzene ring substituents is 1. The Morgan fingerprint density at radius 1 is 1.56 bits per heavy atom. The highest BCUT2D eigenvalue weighted by Crippen LogP contribution is 2.38. The third-order valence-corrected chi connectivity index (χ3v) is 3.83. The second-order valence-corrected chi connectivity index (χ2v) is 4.91. The van der Waals surface area contributed by atoms with Crippen LogP contribution < -0.4 is 5.32 Å². The monoisotopic (exact) mass is 270 g/mol. The molecule has 0 aromatic heterocycles. The van der Waals surface area contributed by atoms with Gasteiger partial charge >= 0.3 is 5.97 Å². The molecule has 0 aliphatic carbocycles. The van der Waals surface area contributed by atoms with Crippen LogP contribution in [0.2, 0.25) is 0 Å². The molecule has 1 heterocycles. The number of hydrogen-bond acceptors (Lipinski definition) is 6. The van der Waals surface area contributed by atoms with E-state index in [2.05, 4.69) is 5.32 Å². The maximum Gasteiger partial charge on any atom is 0.321 e. The van der Waals surface area contributed by atoms with E-state index in [9.17, 15) is 20.0 Å². The molecule has 1 aromatic carbocycles. The SMILES string of the molecule is O=C(O)[C@@H]1CS[C@H](c2cc([N+](=O)[O-])ccc2O)N1. The summed E-state index contributed by atoms with van der Waals surface area (Å²) in [5, 5.41) is 31.5. The molecule has 96 valence electrons. The number of phenols is 1. The molecular formula is C10H10N2O5S. The number of aromatic hydroxyl groups is 1. The Balaban J connectivity index is 2.26. The molecule has 0 spiro atoms. The van der Waals surface area contributed by atoms with Crippen LogP contribution in [-0.2, 0) is 4.79 Å². The first-order chi connectivity index (χ1) is 8.49. The van der Waals surface area contributed by atoms with Gasteiger partial charge in [-0.15, -0.1) is 11.8 Å². The summed E-state index contributed by atoms with van der Waals surface area (Å²) in [7, 11) is 0. The topological polar surface area (TPSA) is 113 Å². The Morgan fingerprint density at radius 3 is 2.83 bits per heavy atom. The first-order valence-electron chi connectivity index (χ1n) is 5.07. The number of carboxylic acids is 1. The summed E-state index contributed by atoms with van der Waals surface area (Å²) >= 11 is 1.29.